The van der Waals surface area contributed by atoms with E-state index in [-0.39, 0.29) is 53.7 Å². The van der Waals surface area contributed by atoms with Gasteiger partial charge in [0.2, 0.25) is 10.0 Å². The molecule has 1 aliphatic heterocycles. The van der Waals surface area contributed by atoms with Crippen LogP contribution >= 0.6 is 22.9 Å². The van der Waals surface area contributed by atoms with E-state index in [0.717, 1.165) is 4.70 Å². The van der Waals surface area contributed by atoms with Gasteiger partial charge in [-0.2, -0.15) is 9.30 Å². The van der Waals surface area contributed by atoms with E-state index in [2.05, 4.69) is 4.99 Å². The Balaban J connectivity index is 1.65. The maximum atomic E-state index is 13.1. The molecule has 1 fully saturated rings. The summed E-state index contributed by atoms with van der Waals surface area (Å²) in [4.78, 5) is 29.8. The highest BCUT2D eigenvalue weighted by Crippen LogP contribution is 2.26. The lowest BCUT2D eigenvalue weighted by Crippen LogP contribution is -2.48. The Morgan fingerprint density at radius 2 is 1.81 bits per heavy atom. The first-order chi connectivity index (χ1) is 17.1. The smallest absolute Gasteiger partial charge is 0.326 e. The van der Waals surface area contributed by atoms with Gasteiger partial charge in [-0.3, -0.25) is 9.59 Å². The molecule has 12 heteroatoms. The van der Waals surface area contributed by atoms with Crippen molar-refractivity contribution < 1.29 is 27.5 Å². The molecule has 0 aliphatic carbocycles. The normalized spacial score (nSPS) is 19.5. The van der Waals surface area contributed by atoms with Gasteiger partial charge in [0.15, 0.2) is 4.80 Å². The van der Waals surface area contributed by atoms with Gasteiger partial charge in [-0.15, -0.1) is 0 Å². The zero-order chi connectivity index (χ0) is 26.0. The van der Waals surface area contributed by atoms with Crippen LogP contribution in [0, 0.1) is 0 Å². The standard InChI is InChI=1S/C24H26ClN3O6S2/c1-4-33-21(29)14-28-22-19(25)6-5-7-20(22)35-24(28)26-23(30)17-8-10-18(11-9-17)36(31,32)27-12-15(2)34-16(3)13-27/h5-11,15-16H,4,12-14H2,1-3H3. The van der Waals surface area contributed by atoms with E-state index in [1.165, 1.54) is 39.9 Å². The Morgan fingerprint density at radius 1 is 1.14 bits per heavy atom. The molecule has 1 aromatic heterocycles. The highest BCUT2D eigenvalue weighted by molar-refractivity contribution is 7.89. The van der Waals surface area contributed by atoms with Gasteiger partial charge in [0.25, 0.3) is 5.91 Å². The second-order valence-electron chi connectivity index (χ2n) is 8.38. The van der Waals surface area contributed by atoms with E-state index in [1.807, 2.05) is 19.9 Å². The van der Waals surface area contributed by atoms with Gasteiger partial charge < -0.3 is 14.0 Å². The number of para-hydroxylation sites is 1. The number of thiazole rings is 1. The van der Waals surface area contributed by atoms with Crippen molar-refractivity contribution in [3.8, 4) is 0 Å². The van der Waals surface area contributed by atoms with Gasteiger partial charge in [-0.1, -0.05) is 29.0 Å². The predicted octanol–water partition coefficient (Wildman–Crippen LogP) is 3.46. The molecule has 1 amide bonds. The molecule has 0 radical (unpaired) electrons. The Hall–Kier alpha value is -2.57. The van der Waals surface area contributed by atoms with E-state index in [4.69, 9.17) is 21.1 Å². The molecule has 2 unspecified atom stereocenters. The number of ether oxygens (including phenoxy) is 2. The third-order valence-corrected chi connectivity index (χ3v) is 8.76. The van der Waals surface area contributed by atoms with Crippen molar-refractivity contribution in [2.45, 2.75) is 44.4 Å². The summed E-state index contributed by atoms with van der Waals surface area (Å²) in [5, 5.41) is 0.420. The fourth-order valence-electron chi connectivity index (χ4n) is 4.05. The zero-order valence-corrected chi connectivity index (χ0v) is 22.4. The summed E-state index contributed by atoms with van der Waals surface area (Å²) in [5.41, 5.74) is 0.795. The van der Waals surface area contributed by atoms with Crippen LogP contribution in [-0.4, -0.2) is 61.1 Å². The van der Waals surface area contributed by atoms with E-state index in [9.17, 15) is 18.0 Å². The van der Waals surface area contributed by atoms with Crippen LogP contribution < -0.4 is 4.80 Å². The van der Waals surface area contributed by atoms with Crippen LogP contribution in [0.3, 0.4) is 0 Å². The number of carbonyl (C=O) groups is 2. The molecule has 4 rings (SSSR count). The van der Waals surface area contributed by atoms with Crippen LogP contribution in [0.5, 0.6) is 0 Å². The van der Waals surface area contributed by atoms with Crippen LogP contribution in [0.15, 0.2) is 52.4 Å². The van der Waals surface area contributed by atoms with Crippen molar-refractivity contribution in [1.29, 1.82) is 0 Å². The quantitative estimate of drug-likeness (QED) is 0.434. The first-order valence-electron chi connectivity index (χ1n) is 11.4. The lowest BCUT2D eigenvalue weighted by atomic mass is 10.2. The number of hydrogen-bond donors (Lipinski definition) is 0. The summed E-state index contributed by atoms with van der Waals surface area (Å²) >= 11 is 7.59. The first-order valence-corrected chi connectivity index (χ1v) is 14.0. The Morgan fingerprint density at radius 3 is 2.44 bits per heavy atom. The Kier molecular flexibility index (Phi) is 7.96. The maximum Gasteiger partial charge on any atom is 0.326 e. The third kappa shape index (κ3) is 5.55. The lowest BCUT2D eigenvalue weighted by molar-refractivity contribution is -0.143. The number of carbonyl (C=O) groups excluding carboxylic acids is 2. The summed E-state index contributed by atoms with van der Waals surface area (Å²) in [7, 11) is -3.73. The minimum absolute atomic E-state index is 0.0892. The first kappa shape index (κ1) is 26.5. The molecule has 192 valence electrons. The second kappa shape index (κ2) is 10.8. The second-order valence-corrected chi connectivity index (χ2v) is 11.7. The number of rotatable bonds is 6. The summed E-state index contributed by atoms with van der Waals surface area (Å²) in [6.45, 7) is 5.96. The monoisotopic (exact) mass is 551 g/mol. The van der Waals surface area contributed by atoms with Gasteiger partial charge >= 0.3 is 5.97 Å². The van der Waals surface area contributed by atoms with Crippen molar-refractivity contribution in [2.24, 2.45) is 4.99 Å². The van der Waals surface area contributed by atoms with Gasteiger partial charge in [0, 0.05) is 18.7 Å². The number of hydrogen-bond acceptors (Lipinski definition) is 7. The summed E-state index contributed by atoms with van der Waals surface area (Å²) in [5.74, 6) is -1.06. The minimum atomic E-state index is -3.73. The number of halogens is 1. The van der Waals surface area contributed by atoms with Crippen molar-refractivity contribution in [3.63, 3.8) is 0 Å². The predicted molar refractivity (Wildman–Crippen MR) is 137 cm³/mol. The van der Waals surface area contributed by atoms with E-state index >= 15 is 0 Å². The molecule has 2 atom stereocenters. The molecule has 1 saturated heterocycles. The SMILES string of the molecule is CCOC(=O)Cn1c(=NC(=O)c2ccc(S(=O)(=O)N3CC(C)OC(C)C3)cc2)sc2cccc(Cl)c21. The highest BCUT2D eigenvalue weighted by atomic mass is 35.5. The van der Waals surface area contributed by atoms with Crippen LogP contribution in [-0.2, 0) is 30.8 Å². The van der Waals surface area contributed by atoms with E-state index < -0.39 is 21.9 Å². The average Bonchev–Trinajstić information content (AvgIpc) is 3.16. The molecule has 0 spiro atoms. The van der Waals surface area contributed by atoms with Crippen LogP contribution in [0.2, 0.25) is 5.02 Å². The van der Waals surface area contributed by atoms with Crippen molar-refractivity contribution in [1.82, 2.24) is 8.87 Å². The number of benzene rings is 2. The van der Waals surface area contributed by atoms with E-state index in [1.54, 1.807) is 23.6 Å². The van der Waals surface area contributed by atoms with Crippen molar-refractivity contribution in [2.75, 3.05) is 19.7 Å². The van der Waals surface area contributed by atoms with Gasteiger partial charge in [0.05, 0.1) is 38.9 Å². The minimum Gasteiger partial charge on any atom is -0.465 e. The lowest BCUT2D eigenvalue weighted by Gasteiger charge is -2.34. The molecule has 1 aliphatic rings. The average molecular weight is 552 g/mol. The number of aromatic nitrogens is 1. The molecule has 3 aromatic rings. The maximum absolute atomic E-state index is 13.1. The third-order valence-electron chi connectivity index (χ3n) is 5.57. The number of sulfonamides is 1. The molecule has 2 aromatic carbocycles. The fourth-order valence-corrected chi connectivity index (χ4v) is 7.03. The van der Waals surface area contributed by atoms with Gasteiger partial charge in [-0.05, 0) is 57.2 Å². The van der Waals surface area contributed by atoms with Crippen molar-refractivity contribution in [3.05, 3.63) is 57.9 Å². The van der Waals surface area contributed by atoms with E-state index in [0.29, 0.717) is 10.5 Å². The molecule has 36 heavy (non-hydrogen) atoms. The Bertz CT molecular complexity index is 1450. The molecular weight excluding hydrogens is 526 g/mol. The molecule has 0 N–H and O–H groups in total. The summed E-state index contributed by atoms with van der Waals surface area (Å²) in [6, 6.07) is 11.0. The fraction of sp³-hybridized carbons (Fsp3) is 0.375. The molecular formula is C24H26ClN3O6S2. The topological polar surface area (TPSA) is 107 Å². The number of amides is 1. The van der Waals surface area contributed by atoms with Crippen LogP contribution in [0.4, 0.5) is 0 Å². The molecule has 9 nitrogen and oxygen atoms in total. The largest absolute Gasteiger partial charge is 0.465 e. The number of morpholine rings is 1. The van der Waals surface area contributed by atoms with Crippen LogP contribution in [0.1, 0.15) is 31.1 Å². The molecule has 2 heterocycles. The summed E-state index contributed by atoms with van der Waals surface area (Å²) in [6.07, 6.45) is -0.418. The molecule has 0 bridgehead atoms. The summed E-state index contributed by atoms with van der Waals surface area (Å²) < 4.78 is 40.6. The highest BCUT2D eigenvalue weighted by Gasteiger charge is 2.32. The Labute approximate surface area is 218 Å². The molecule has 0 saturated carbocycles. The van der Waals surface area contributed by atoms with Gasteiger partial charge in [-0.25, -0.2) is 8.42 Å². The number of nitrogens with zero attached hydrogens (tertiary/aromatic N) is 3. The van der Waals surface area contributed by atoms with Crippen molar-refractivity contribution >= 4 is 55.1 Å². The zero-order valence-electron chi connectivity index (χ0n) is 20.0. The number of fused-ring (bicyclic) bond motifs is 1. The number of esters is 1. The van der Waals surface area contributed by atoms with Crippen LogP contribution in [0.25, 0.3) is 10.2 Å². The van der Waals surface area contributed by atoms with Gasteiger partial charge in [0.1, 0.15) is 6.54 Å².